The van der Waals surface area contributed by atoms with Crippen molar-refractivity contribution in [2.45, 2.75) is 19.8 Å². The fourth-order valence-corrected chi connectivity index (χ4v) is 2.10. The van der Waals surface area contributed by atoms with Gasteiger partial charge in [0.2, 0.25) is 0 Å². The van der Waals surface area contributed by atoms with E-state index in [-0.39, 0.29) is 0 Å². The number of nitrogens with zero attached hydrogens (tertiary/aromatic N) is 1. The van der Waals surface area contributed by atoms with Crippen molar-refractivity contribution >= 4 is 11.5 Å². The summed E-state index contributed by atoms with van der Waals surface area (Å²) in [5, 5.41) is 3.30. The topological polar surface area (TPSA) is 24.4 Å². The minimum Gasteiger partial charge on any atom is -0.340 e. The van der Waals surface area contributed by atoms with Crippen LogP contribution >= 0.6 is 0 Å². The van der Waals surface area contributed by atoms with Crippen LogP contribution in [-0.2, 0) is 6.42 Å². The van der Waals surface area contributed by atoms with E-state index in [4.69, 9.17) is 4.99 Å². The molecule has 1 aliphatic heterocycles. The van der Waals surface area contributed by atoms with E-state index in [1.54, 1.807) is 6.08 Å². The van der Waals surface area contributed by atoms with Gasteiger partial charge < -0.3 is 5.32 Å². The number of hydrogen-bond donors (Lipinski definition) is 1. The summed E-state index contributed by atoms with van der Waals surface area (Å²) in [6.45, 7) is 13.8. The molecule has 0 saturated carbocycles. The molecular weight excluding hydrogens is 244 g/mol. The number of benzene rings is 1. The second-order valence-corrected chi connectivity index (χ2v) is 4.97. The number of nitrogens with one attached hydrogen (secondary N) is 1. The van der Waals surface area contributed by atoms with Gasteiger partial charge in [0.25, 0.3) is 0 Å². The zero-order valence-electron chi connectivity index (χ0n) is 11.9. The zero-order valence-corrected chi connectivity index (χ0v) is 11.9. The quantitative estimate of drug-likeness (QED) is 0.801. The molecule has 1 N–H and O–H groups in total. The predicted octanol–water partition coefficient (Wildman–Crippen LogP) is 4.45. The standard InChI is InChI=1S/C18H20N2/c1-5-16(12-13(2)3)19-18-14(4)10-11-15-8-6-7-9-17(15)20-18/h5-9,12H,1-2,4,10-11H2,3H3,(H,19,20)/b16-12+. The normalized spacial score (nSPS) is 14.9. The molecule has 1 aromatic carbocycles. The minimum absolute atomic E-state index is 0.808. The van der Waals surface area contributed by atoms with E-state index < -0.39 is 0 Å². The lowest BCUT2D eigenvalue weighted by Gasteiger charge is -2.11. The highest BCUT2D eigenvalue weighted by atomic mass is 15.0. The Hall–Kier alpha value is -2.35. The molecule has 0 spiro atoms. The van der Waals surface area contributed by atoms with E-state index in [1.807, 2.05) is 31.2 Å². The number of aryl methyl sites for hydroxylation is 1. The second kappa shape index (κ2) is 6.20. The molecule has 1 aliphatic rings. The maximum atomic E-state index is 4.70. The van der Waals surface area contributed by atoms with Gasteiger partial charge in [0.1, 0.15) is 5.84 Å². The molecule has 0 bridgehead atoms. The molecule has 0 atom stereocenters. The third-order valence-electron chi connectivity index (χ3n) is 3.14. The highest BCUT2D eigenvalue weighted by Crippen LogP contribution is 2.26. The van der Waals surface area contributed by atoms with Crippen LogP contribution in [0.5, 0.6) is 0 Å². The Morgan fingerprint density at radius 1 is 1.30 bits per heavy atom. The van der Waals surface area contributed by atoms with Crippen LogP contribution in [-0.4, -0.2) is 5.84 Å². The van der Waals surface area contributed by atoms with E-state index in [1.165, 1.54) is 5.56 Å². The van der Waals surface area contributed by atoms with Crippen molar-refractivity contribution in [2.24, 2.45) is 4.99 Å². The first-order chi connectivity index (χ1) is 9.60. The monoisotopic (exact) mass is 264 g/mol. The molecule has 102 valence electrons. The van der Waals surface area contributed by atoms with Crippen LogP contribution in [0.15, 0.2) is 78.0 Å². The van der Waals surface area contributed by atoms with Crippen molar-refractivity contribution in [3.05, 3.63) is 78.6 Å². The van der Waals surface area contributed by atoms with Gasteiger partial charge in [-0.15, -0.1) is 0 Å². The summed E-state index contributed by atoms with van der Waals surface area (Å²) in [4.78, 5) is 4.70. The minimum atomic E-state index is 0.808. The van der Waals surface area contributed by atoms with Crippen molar-refractivity contribution < 1.29 is 0 Å². The number of amidine groups is 1. The Labute approximate surface area is 120 Å². The summed E-state index contributed by atoms with van der Waals surface area (Å²) in [5.41, 5.74) is 5.13. The smallest absolute Gasteiger partial charge is 0.133 e. The second-order valence-electron chi connectivity index (χ2n) is 4.97. The van der Waals surface area contributed by atoms with Crippen LogP contribution in [0.4, 0.5) is 5.69 Å². The van der Waals surface area contributed by atoms with Crippen LogP contribution in [0.25, 0.3) is 0 Å². The van der Waals surface area contributed by atoms with Gasteiger partial charge in [-0.3, -0.25) is 0 Å². The summed E-state index contributed by atoms with van der Waals surface area (Å²) in [7, 11) is 0. The average Bonchev–Trinajstić information content (AvgIpc) is 2.58. The SMILES string of the molecule is C=C/C(=C\C(=C)C)NC1=Nc2ccccc2CCC1=C. The van der Waals surface area contributed by atoms with E-state index in [0.29, 0.717) is 0 Å². The Balaban J connectivity index is 2.34. The van der Waals surface area contributed by atoms with Gasteiger partial charge in [-0.25, -0.2) is 4.99 Å². The van der Waals surface area contributed by atoms with Crippen molar-refractivity contribution in [1.29, 1.82) is 0 Å². The number of fused-ring (bicyclic) bond motifs is 1. The van der Waals surface area contributed by atoms with Gasteiger partial charge in [-0.1, -0.05) is 43.5 Å². The van der Waals surface area contributed by atoms with Gasteiger partial charge in [0, 0.05) is 5.70 Å². The van der Waals surface area contributed by atoms with Gasteiger partial charge in [0.15, 0.2) is 0 Å². The van der Waals surface area contributed by atoms with Crippen LogP contribution in [0.3, 0.4) is 0 Å². The van der Waals surface area contributed by atoms with E-state index in [2.05, 4.69) is 31.1 Å². The van der Waals surface area contributed by atoms with Crippen molar-refractivity contribution in [1.82, 2.24) is 5.32 Å². The molecule has 2 rings (SSSR count). The van der Waals surface area contributed by atoms with Crippen molar-refractivity contribution in [3.8, 4) is 0 Å². The molecular formula is C18H20N2. The predicted molar refractivity (Wildman–Crippen MR) is 87.2 cm³/mol. The Morgan fingerprint density at radius 2 is 2.05 bits per heavy atom. The van der Waals surface area contributed by atoms with Crippen LogP contribution < -0.4 is 5.32 Å². The van der Waals surface area contributed by atoms with E-state index in [0.717, 1.165) is 41.2 Å². The van der Waals surface area contributed by atoms with E-state index in [9.17, 15) is 0 Å². The molecule has 0 amide bonds. The summed E-state index contributed by atoms with van der Waals surface area (Å²) < 4.78 is 0. The summed E-state index contributed by atoms with van der Waals surface area (Å²) in [5.74, 6) is 0.808. The first-order valence-electron chi connectivity index (χ1n) is 6.71. The summed E-state index contributed by atoms with van der Waals surface area (Å²) in [6.07, 6.45) is 5.58. The number of allylic oxidation sites excluding steroid dienone is 3. The number of rotatable bonds is 3. The molecule has 0 saturated heterocycles. The van der Waals surface area contributed by atoms with Crippen molar-refractivity contribution in [3.63, 3.8) is 0 Å². The summed E-state index contributed by atoms with van der Waals surface area (Å²) >= 11 is 0. The van der Waals surface area contributed by atoms with Crippen molar-refractivity contribution in [2.75, 3.05) is 0 Å². The lowest BCUT2D eigenvalue weighted by molar-refractivity contribution is 0.981. The average molecular weight is 264 g/mol. The molecule has 0 aliphatic carbocycles. The Kier molecular flexibility index (Phi) is 4.36. The highest BCUT2D eigenvalue weighted by molar-refractivity contribution is 6.01. The van der Waals surface area contributed by atoms with Gasteiger partial charge in [-0.2, -0.15) is 0 Å². The molecule has 1 aromatic rings. The number of para-hydroxylation sites is 1. The van der Waals surface area contributed by atoms with Gasteiger partial charge in [0.05, 0.1) is 5.69 Å². The Bertz CT molecular complexity index is 618. The molecule has 0 radical (unpaired) electrons. The zero-order chi connectivity index (χ0) is 14.5. The summed E-state index contributed by atoms with van der Waals surface area (Å²) in [6, 6.07) is 8.21. The maximum absolute atomic E-state index is 4.70. The lowest BCUT2D eigenvalue weighted by Crippen LogP contribution is -2.23. The van der Waals surface area contributed by atoms with Crippen LogP contribution in [0.1, 0.15) is 18.9 Å². The molecule has 20 heavy (non-hydrogen) atoms. The highest BCUT2D eigenvalue weighted by Gasteiger charge is 2.13. The molecule has 0 unspecified atom stereocenters. The largest absolute Gasteiger partial charge is 0.340 e. The Morgan fingerprint density at radius 3 is 2.75 bits per heavy atom. The molecule has 0 fully saturated rings. The third-order valence-corrected chi connectivity index (χ3v) is 3.14. The first kappa shape index (κ1) is 14.1. The fraction of sp³-hybridized carbons (Fsp3) is 0.167. The van der Waals surface area contributed by atoms with Crippen LogP contribution in [0, 0.1) is 0 Å². The molecule has 2 nitrogen and oxygen atoms in total. The molecule has 0 aromatic heterocycles. The van der Waals surface area contributed by atoms with Gasteiger partial charge in [-0.05, 0) is 49.1 Å². The number of aliphatic imine (C=N–C) groups is 1. The molecule has 1 heterocycles. The number of hydrogen-bond acceptors (Lipinski definition) is 2. The lowest BCUT2D eigenvalue weighted by atomic mass is 10.1. The third kappa shape index (κ3) is 3.35. The fourth-order valence-electron chi connectivity index (χ4n) is 2.10. The van der Waals surface area contributed by atoms with Gasteiger partial charge >= 0.3 is 0 Å². The maximum Gasteiger partial charge on any atom is 0.133 e. The first-order valence-corrected chi connectivity index (χ1v) is 6.71. The molecule has 2 heteroatoms. The van der Waals surface area contributed by atoms with E-state index >= 15 is 0 Å². The van der Waals surface area contributed by atoms with Crippen LogP contribution in [0.2, 0.25) is 0 Å².